The number of nitrogens with one attached hydrogen (secondary N) is 1. The molecule has 1 fully saturated rings. The van der Waals surface area contributed by atoms with Crippen molar-refractivity contribution in [3.8, 4) is 0 Å². The fourth-order valence-electron chi connectivity index (χ4n) is 1.76. The van der Waals surface area contributed by atoms with Crippen molar-refractivity contribution < 1.29 is 4.39 Å². The van der Waals surface area contributed by atoms with E-state index in [-0.39, 0.29) is 5.82 Å². The second-order valence-electron chi connectivity index (χ2n) is 3.54. The van der Waals surface area contributed by atoms with Gasteiger partial charge in [-0.1, -0.05) is 6.07 Å². The predicted octanol–water partition coefficient (Wildman–Crippen LogP) is 2.79. The zero-order valence-corrected chi connectivity index (χ0v) is 7.96. The van der Waals surface area contributed by atoms with Gasteiger partial charge in [-0.05, 0) is 31.0 Å². The first kappa shape index (κ1) is 9.19. The van der Waals surface area contributed by atoms with Crippen molar-refractivity contribution in [2.75, 3.05) is 11.4 Å². The number of piperidine rings is 1. The maximum atomic E-state index is 13.0. The fraction of sp³-hybridized carbons (Fsp3) is 0.364. The topological polar surface area (TPSA) is 27.1 Å². The van der Waals surface area contributed by atoms with Crippen LogP contribution in [0.25, 0.3) is 0 Å². The predicted molar refractivity (Wildman–Crippen MR) is 55.3 cm³/mol. The molecule has 14 heavy (non-hydrogen) atoms. The van der Waals surface area contributed by atoms with Gasteiger partial charge in [-0.25, -0.2) is 4.39 Å². The van der Waals surface area contributed by atoms with Crippen LogP contribution in [-0.4, -0.2) is 12.4 Å². The normalized spacial score (nSPS) is 17.2. The first-order valence-corrected chi connectivity index (χ1v) is 4.88. The molecule has 1 aromatic rings. The van der Waals surface area contributed by atoms with Crippen LogP contribution in [0, 0.1) is 11.2 Å². The van der Waals surface area contributed by atoms with E-state index in [0.29, 0.717) is 5.84 Å². The number of rotatable bonds is 1. The van der Waals surface area contributed by atoms with E-state index in [9.17, 15) is 4.39 Å². The molecule has 0 aliphatic carbocycles. The van der Waals surface area contributed by atoms with Crippen molar-refractivity contribution in [1.29, 1.82) is 5.41 Å². The Morgan fingerprint density at radius 3 is 2.86 bits per heavy atom. The van der Waals surface area contributed by atoms with E-state index in [1.165, 1.54) is 12.1 Å². The zero-order valence-electron chi connectivity index (χ0n) is 7.96. The summed E-state index contributed by atoms with van der Waals surface area (Å²) in [5.74, 6) is 0.364. The Kier molecular flexibility index (Phi) is 2.48. The van der Waals surface area contributed by atoms with Crippen LogP contribution in [0.4, 0.5) is 10.1 Å². The molecule has 1 aliphatic heterocycles. The Bertz CT molecular complexity index is 349. The second kappa shape index (κ2) is 3.78. The average Bonchev–Trinajstić information content (AvgIpc) is 2.18. The quantitative estimate of drug-likeness (QED) is 0.727. The van der Waals surface area contributed by atoms with Gasteiger partial charge in [0.05, 0.1) is 0 Å². The van der Waals surface area contributed by atoms with E-state index >= 15 is 0 Å². The molecule has 0 aromatic heterocycles. The van der Waals surface area contributed by atoms with Gasteiger partial charge in [0.25, 0.3) is 0 Å². The molecule has 0 spiro atoms. The van der Waals surface area contributed by atoms with Gasteiger partial charge in [0.1, 0.15) is 11.7 Å². The first-order chi connectivity index (χ1) is 6.77. The van der Waals surface area contributed by atoms with Crippen LogP contribution in [0.5, 0.6) is 0 Å². The highest BCUT2D eigenvalue weighted by atomic mass is 19.1. The Hall–Kier alpha value is -1.38. The molecular formula is C11H13FN2. The van der Waals surface area contributed by atoms with E-state index < -0.39 is 0 Å². The molecule has 3 heteroatoms. The summed E-state index contributed by atoms with van der Waals surface area (Å²) in [5, 5.41) is 7.76. The number of hydrogen-bond acceptors (Lipinski definition) is 1. The zero-order chi connectivity index (χ0) is 9.97. The molecule has 0 atom stereocenters. The number of anilines is 1. The summed E-state index contributed by atoms with van der Waals surface area (Å²) >= 11 is 0. The van der Waals surface area contributed by atoms with Crippen LogP contribution in [-0.2, 0) is 0 Å². The molecule has 0 radical (unpaired) electrons. The van der Waals surface area contributed by atoms with Gasteiger partial charge in [0, 0.05) is 18.7 Å². The first-order valence-electron chi connectivity index (χ1n) is 4.88. The third kappa shape index (κ3) is 1.76. The van der Waals surface area contributed by atoms with Crippen molar-refractivity contribution in [3.05, 3.63) is 30.1 Å². The van der Waals surface area contributed by atoms with Gasteiger partial charge in [-0.15, -0.1) is 0 Å². The molecule has 2 nitrogen and oxygen atoms in total. The van der Waals surface area contributed by atoms with Crippen LogP contribution in [0.15, 0.2) is 24.3 Å². The van der Waals surface area contributed by atoms with Crippen LogP contribution in [0.1, 0.15) is 19.3 Å². The SMILES string of the molecule is N=C1CCCCN1c1cccc(F)c1. The standard InChI is InChI=1S/C11H13FN2/c12-9-4-3-5-10(8-9)14-7-2-1-6-11(14)13/h3-5,8,13H,1-2,6-7H2. The number of hydrogen-bond donors (Lipinski definition) is 1. The molecule has 1 saturated heterocycles. The van der Waals surface area contributed by atoms with Crippen molar-refractivity contribution in [2.45, 2.75) is 19.3 Å². The molecule has 1 N–H and O–H groups in total. The van der Waals surface area contributed by atoms with E-state index in [0.717, 1.165) is 31.5 Å². The van der Waals surface area contributed by atoms with Crippen molar-refractivity contribution >= 4 is 11.5 Å². The summed E-state index contributed by atoms with van der Waals surface area (Å²) in [6.07, 6.45) is 2.96. The minimum absolute atomic E-state index is 0.235. The number of nitrogens with zero attached hydrogens (tertiary/aromatic N) is 1. The van der Waals surface area contributed by atoms with Gasteiger partial charge in [0.2, 0.25) is 0 Å². The van der Waals surface area contributed by atoms with Gasteiger partial charge >= 0.3 is 0 Å². The lowest BCUT2D eigenvalue weighted by Gasteiger charge is -2.29. The monoisotopic (exact) mass is 192 g/mol. The van der Waals surface area contributed by atoms with Gasteiger partial charge in [0.15, 0.2) is 0 Å². The maximum absolute atomic E-state index is 13.0. The molecule has 0 saturated carbocycles. The Morgan fingerprint density at radius 1 is 1.29 bits per heavy atom. The number of halogens is 1. The van der Waals surface area contributed by atoms with Crippen molar-refractivity contribution in [2.24, 2.45) is 0 Å². The summed E-state index contributed by atoms with van der Waals surface area (Å²) < 4.78 is 13.0. The van der Waals surface area contributed by atoms with Gasteiger partial charge < -0.3 is 4.90 Å². The highest BCUT2D eigenvalue weighted by Crippen LogP contribution is 2.21. The molecule has 1 aromatic carbocycles. The number of benzene rings is 1. The lowest BCUT2D eigenvalue weighted by Crippen LogP contribution is -2.34. The highest BCUT2D eigenvalue weighted by Gasteiger charge is 2.16. The van der Waals surface area contributed by atoms with Crippen LogP contribution in [0.2, 0.25) is 0 Å². The summed E-state index contributed by atoms with van der Waals surface area (Å²) in [6.45, 7) is 0.836. The van der Waals surface area contributed by atoms with Crippen LogP contribution < -0.4 is 4.90 Å². The lowest BCUT2D eigenvalue weighted by molar-refractivity contribution is 0.626. The third-order valence-electron chi connectivity index (χ3n) is 2.49. The molecule has 0 unspecified atom stereocenters. The number of amidine groups is 1. The summed E-state index contributed by atoms with van der Waals surface area (Å²) in [7, 11) is 0. The molecule has 2 rings (SSSR count). The smallest absolute Gasteiger partial charge is 0.125 e. The lowest BCUT2D eigenvalue weighted by atomic mass is 10.1. The average molecular weight is 192 g/mol. The fourth-order valence-corrected chi connectivity index (χ4v) is 1.76. The van der Waals surface area contributed by atoms with Crippen LogP contribution >= 0.6 is 0 Å². The summed E-state index contributed by atoms with van der Waals surface area (Å²) in [4.78, 5) is 1.88. The second-order valence-corrected chi connectivity index (χ2v) is 3.54. The molecule has 0 amide bonds. The highest BCUT2D eigenvalue weighted by molar-refractivity contribution is 5.96. The van der Waals surface area contributed by atoms with E-state index in [2.05, 4.69) is 0 Å². The minimum atomic E-state index is -0.235. The molecular weight excluding hydrogens is 179 g/mol. The van der Waals surface area contributed by atoms with E-state index in [1.807, 2.05) is 11.0 Å². The largest absolute Gasteiger partial charge is 0.330 e. The Morgan fingerprint density at radius 2 is 2.14 bits per heavy atom. The third-order valence-corrected chi connectivity index (χ3v) is 2.49. The minimum Gasteiger partial charge on any atom is -0.330 e. The van der Waals surface area contributed by atoms with Gasteiger partial charge in [-0.3, -0.25) is 5.41 Å². The molecule has 1 aliphatic rings. The van der Waals surface area contributed by atoms with E-state index in [1.54, 1.807) is 6.07 Å². The molecule has 1 heterocycles. The van der Waals surface area contributed by atoms with Gasteiger partial charge in [-0.2, -0.15) is 0 Å². The van der Waals surface area contributed by atoms with Crippen molar-refractivity contribution in [1.82, 2.24) is 0 Å². The van der Waals surface area contributed by atoms with Crippen LogP contribution in [0.3, 0.4) is 0 Å². The Balaban J connectivity index is 2.24. The summed E-state index contributed by atoms with van der Waals surface area (Å²) in [5.41, 5.74) is 0.801. The summed E-state index contributed by atoms with van der Waals surface area (Å²) in [6, 6.07) is 6.45. The molecule has 0 bridgehead atoms. The van der Waals surface area contributed by atoms with Crippen molar-refractivity contribution in [3.63, 3.8) is 0 Å². The van der Waals surface area contributed by atoms with E-state index in [4.69, 9.17) is 5.41 Å². The maximum Gasteiger partial charge on any atom is 0.125 e. The molecule has 74 valence electrons. The Labute approximate surface area is 82.9 Å².